The molecule has 0 aliphatic rings. The van der Waals surface area contributed by atoms with Crippen molar-refractivity contribution < 1.29 is 23.8 Å². The number of nitrogens with one attached hydrogen (secondary N) is 2. The summed E-state index contributed by atoms with van der Waals surface area (Å²) in [7, 11) is 3.11. The van der Waals surface area contributed by atoms with Crippen molar-refractivity contribution >= 4 is 17.6 Å². The highest BCUT2D eigenvalue weighted by Crippen LogP contribution is 2.31. The smallest absolute Gasteiger partial charge is 0.308 e. The predicted molar refractivity (Wildman–Crippen MR) is 115 cm³/mol. The third kappa shape index (κ3) is 5.27. The largest absolute Gasteiger partial charge is 0.493 e. The van der Waals surface area contributed by atoms with E-state index in [-0.39, 0.29) is 5.69 Å². The normalized spacial score (nSPS) is 11.0. The highest BCUT2D eigenvalue weighted by molar-refractivity contribution is 6.00. The summed E-state index contributed by atoms with van der Waals surface area (Å²) < 4.78 is 15.5. The first-order chi connectivity index (χ1) is 14.9. The fourth-order valence-corrected chi connectivity index (χ4v) is 2.77. The maximum Gasteiger partial charge on any atom is 0.308 e. The van der Waals surface area contributed by atoms with E-state index < -0.39 is 11.9 Å². The van der Waals surface area contributed by atoms with Gasteiger partial charge in [0.25, 0.3) is 5.91 Å². The number of amides is 1. The van der Waals surface area contributed by atoms with Gasteiger partial charge < -0.3 is 14.2 Å². The number of H-pyrrole nitrogens is 1. The quantitative estimate of drug-likeness (QED) is 0.262. The van der Waals surface area contributed by atoms with Crippen molar-refractivity contribution in [3.05, 3.63) is 59.8 Å². The lowest BCUT2D eigenvalue weighted by molar-refractivity contribution is -0.131. The molecule has 2 aromatic carbocycles. The van der Waals surface area contributed by atoms with Crippen molar-refractivity contribution in [2.75, 3.05) is 14.2 Å². The average Bonchev–Trinajstić information content (AvgIpc) is 3.27. The van der Waals surface area contributed by atoms with Crippen LogP contribution in [0, 0.1) is 0 Å². The number of carbonyl (C=O) groups excluding carboxylic acids is 2. The Morgan fingerprint density at radius 3 is 2.32 bits per heavy atom. The van der Waals surface area contributed by atoms with E-state index in [4.69, 9.17) is 14.2 Å². The number of rotatable bonds is 7. The van der Waals surface area contributed by atoms with E-state index in [1.807, 2.05) is 6.07 Å². The second kappa shape index (κ2) is 9.57. The number of benzene rings is 2. The van der Waals surface area contributed by atoms with Crippen molar-refractivity contribution in [3.8, 4) is 28.5 Å². The molecule has 1 aromatic heterocycles. The summed E-state index contributed by atoms with van der Waals surface area (Å²) in [5.41, 5.74) is 5.45. The lowest BCUT2D eigenvalue weighted by atomic mass is 10.1. The van der Waals surface area contributed by atoms with Crippen LogP contribution in [0.2, 0.25) is 0 Å². The van der Waals surface area contributed by atoms with Gasteiger partial charge in [0.2, 0.25) is 0 Å². The molecule has 0 fully saturated rings. The number of aromatic amines is 1. The van der Waals surface area contributed by atoms with E-state index in [2.05, 4.69) is 20.7 Å². The molecule has 160 valence electrons. The number of hydrogen-bond donors (Lipinski definition) is 2. The fourth-order valence-electron chi connectivity index (χ4n) is 2.77. The van der Waals surface area contributed by atoms with Crippen LogP contribution in [0.4, 0.5) is 0 Å². The first kappa shape index (κ1) is 21.6. The molecule has 0 radical (unpaired) electrons. The van der Waals surface area contributed by atoms with Crippen LogP contribution < -0.4 is 19.6 Å². The molecule has 0 spiro atoms. The zero-order valence-electron chi connectivity index (χ0n) is 17.6. The zero-order valence-corrected chi connectivity index (χ0v) is 17.6. The van der Waals surface area contributed by atoms with Crippen molar-refractivity contribution in [3.63, 3.8) is 0 Å². The number of aromatic nitrogens is 2. The van der Waals surface area contributed by atoms with Gasteiger partial charge in [-0.15, -0.1) is 0 Å². The standard InChI is InChI=1S/C22H22N4O5/c1-13(15-5-8-17(9-6-15)31-14(2)27)23-26-22(28)19-12-18(24-25-19)16-7-10-20(29-3)21(11-16)30-4/h5-12H,1-4H3,(H,24,25)(H,26,28). The Morgan fingerprint density at radius 2 is 1.68 bits per heavy atom. The summed E-state index contributed by atoms with van der Waals surface area (Å²) in [6.07, 6.45) is 0. The van der Waals surface area contributed by atoms with Crippen LogP contribution >= 0.6 is 0 Å². The van der Waals surface area contributed by atoms with Crippen LogP contribution in [0.1, 0.15) is 29.9 Å². The minimum Gasteiger partial charge on any atom is -0.493 e. The molecular formula is C22H22N4O5. The summed E-state index contributed by atoms with van der Waals surface area (Å²) in [6.45, 7) is 3.09. The Kier molecular flexibility index (Phi) is 6.66. The van der Waals surface area contributed by atoms with Gasteiger partial charge in [-0.05, 0) is 61.0 Å². The second-order valence-corrected chi connectivity index (χ2v) is 6.49. The van der Waals surface area contributed by atoms with E-state index in [1.54, 1.807) is 63.6 Å². The number of ether oxygens (including phenoxy) is 3. The van der Waals surface area contributed by atoms with Crippen LogP contribution in [0.3, 0.4) is 0 Å². The highest BCUT2D eigenvalue weighted by Gasteiger charge is 2.13. The summed E-state index contributed by atoms with van der Waals surface area (Å²) in [6, 6.07) is 13.8. The maximum atomic E-state index is 12.4. The number of hydrogen-bond acceptors (Lipinski definition) is 7. The molecule has 9 nitrogen and oxygen atoms in total. The van der Waals surface area contributed by atoms with E-state index in [0.717, 1.165) is 11.1 Å². The fraction of sp³-hybridized carbons (Fsp3) is 0.182. The zero-order chi connectivity index (χ0) is 22.4. The van der Waals surface area contributed by atoms with Crippen molar-refractivity contribution in [2.45, 2.75) is 13.8 Å². The molecule has 0 aliphatic heterocycles. The molecule has 0 saturated heterocycles. The van der Waals surface area contributed by atoms with Crippen LogP contribution in [0.25, 0.3) is 11.3 Å². The van der Waals surface area contributed by atoms with E-state index in [0.29, 0.717) is 28.7 Å². The Balaban J connectivity index is 1.69. The molecular weight excluding hydrogens is 400 g/mol. The van der Waals surface area contributed by atoms with Crippen LogP contribution in [-0.4, -0.2) is 42.0 Å². The van der Waals surface area contributed by atoms with Crippen molar-refractivity contribution in [2.24, 2.45) is 5.10 Å². The molecule has 3 rings (SSSR count). The van der Waals surface area contributed by atoms with Gasteiger partial charge >= 0.3 is 5.97 Å². The van der Waals surface area contributed by atoms with Gasteiger partial charge in [-0.3, -0.25) is 14.7 Å². The van der Waals surface area contributed by atoms with Crippen molar-refractivity contribution in [1.29, 1.82) is 0 Å². The van der Waals surface area contributed by atoms with Crippen LogP contribution in [-0.2, 0) is 4.79 Å². The van der Waals surface area contributed by atoms with Gasteiger partial charge in [0.1, 0.15) is 11.4 Å². The molecule has 0 unspecified atom stereocenters. The second-order valence-electron chi connectivity index (χ2n) is 6.49. The van der Waals surface area contributed by atoms with Gasteiger partial charge in [-0.2, -0.15) is 10.2 Å². The minimum absolute atomic E-state index is 0.256. The number of nitrogens with zero attached hydrogens (tertiary/aromatic N) is 2. The summed E-state index contributed by atoms with van der Waals surface area (Å²) in [5.74, 6) is 0.778. The van der Waals surface area contributed by atoms with Crippen LogP contribution in [0.15, 0.2) is 53.6 Å². The molecule has 2 N–H and O–H groups in total. The first-order valence-electron chi connectivity index (χ1n) is 9.32. The SMILES string of the molecule is COc1ccc(-c2cc(C(=O)NN=C(C)c3ccc(OC(C)=O)cc3)[nH]n2)cc1OC. The van der Waals surface area contributed by atoms with Gasteiger partial charge in [-0.1, -0.05) is 0 Å². The average molecular weight is 422 g/mol. The summed E-state index contributed by atoms with van der Waals surface area (Å²) >= 11 is 0. The predicted octanol–water partition coefficient (Wildman–Crippen LogP) is 3.17. The number of hydrazone groups is 1. The van der Waals surface area contributed by atoms with Gasteiger partial charge in [0, 0.05) is 12.5 Å². The van der Waals surface area contributed by atoms with E-state index >= 15 is 0 Å². The van der Waals surface area contributed by atoms with Gasteiger partial charge in [-0.25, -0.2) is 5.43 Å². The number of esters is 1. The number of methoxy groups -OCH3 is 2. The third-order valence-corrected chi connectivity index (χ3v) is 4.36. The molecule has 0 atom stereocenters. The minimum atomic E-state index is -0.435. The first-order valence-corrected chi connectivity index (χ1v) is 9.32. The van der Waals surface area contributed by atoms with Crippen molar-refractivity contribution in [1.82, 2.24) is 15.6 Å². The molecule has 0 aliphatic carbocycles. The summed E-state index contributed by atoms with van der Waals surface area (Å²) in [5, 5.41) is 11.0. The number of carbonyl (C=O) groups is 2. The van der Waals surface area contributed by atoms with Gasteiger partial charge in [0.15, 0.2) is 11.5 Å². The Labute approximate surface area is 179 Å². The molecule has 31 heavy (non-hydrogen) atoms. The molecule has 1 amide bonds. The summed E-state index contributed by atoms with van der Waals surface area (Å²) in [4.78, 5) is 23.4. The monoisotopic (exact) mass is 422 g/mol. The molecule has 9 heteroatoms. The van der Waals surface area contributed by atoms with Gasteiger partial charge in [0.05, 0.1) is 25.6 Å². The molecule has 0 saturated carbocycles. The Bertz CT molecular complexity index is 1120. The van der Waals surface area contributed by atoms with E-state index in [1.165, 1.54) is 6.92 Å². The molecule has 0 bridgehead atoms. The van der Waals surface area contributed by atoms with Crippen LogP contribution in [0.5, 0.6) is 17.2 Å². The Hall–Kier alpha value is -4.14. The highest BCUT2D eigenvalue weighted by atomic mass is 16.5. The topological polar surface area (TPSA) is 115 Å². The lowest BCUT2D eigenvalue weighted by Crippen LogP contribution is -2.19. The maximum absolute atomic E-state index is 12.4. The lowest BCUT2D eigenvalue weighted by Gasteiger charge is -2.08. The molecule has 1 heterocycles. The van der Waals surface area contributed by atoms with E-state index in [9.17, 15) is 9.59 Å². The molecule has 3 aromatic rings. The Morgan fingerprint density at radius 1 is 0.968 bits per heavy atom. The third-order valence-electron chi connectivity index (χ3n) is 4.36.